The van der Waals surface area contributed by atoms with Gasteiger partial charge >= 0.3 is 0 Å². The van der Waals surface area contributed by atoms with Crippen LogP contribution in [0.3, 0.4) is 0 Å². The quantitative estimate of drug-likeness (QED) is 0.857. The smallest absolute Gasteiger partial charge is 0.253 e. The van der Waals surface area contributed by atoms with Crippen molar-refractivity contribution in [2.75, 3.05) is 20.2 Å². The van der Waals surface area contributed by atoms with E-state index < -0.39 is 0 Å². The lowest BCUT2D eigenvalue weighted by Crippen LogP contribution is -2.37. The Balaban J connectivity index is 1.61. The molecule has 2 aromatic carbocycles. The van der Waals surface area contributed by atoms with E-state index in [0.717, 1.165) is 37.2 Å². The van der Waals surface area contributed by atoms with Gasteiger partial charge in [0.25, 0.3) is 5.91 Å². The molecular weight excluding hydrogens is 286 g/mol. The van der Waals surface area contributed by atoms with Crippen LogP contribution in [0.4, 0.5) is 0 Å². The molecule has 1 saturated heterocycles. The number of likely N-dealkylation sites (tertiary alicyclic amines) is 1. The minimum Gasteiger partial charge on any atom is -0.497 e. The SMILES string of the molecule is COc1ccc(C2CCN(C(=O)c3ccc(C)cc3)CC2)cc1. The average molecular weight is 309 g/mol. The van der Waals surface area contributed by atoms with Gasteiger partial charge in [-0.1, -0.05) is 29.8 Å². The van der Waals surface area contributed by atoms with Crippen molar-refractivity contribution < 1.29 is 9.53 Å². The number of ether oxygens (including phenoxy) is 1. The van der Waals surface area contributed by atoms with E-state index in [1.54, 1.807) is 7.11 Å². The van der Waals surface area contributed by atoms with Gasteiger partial charge in [-0.2, -0.15) is 0 Å². The first-order valence-electron chi connectivity index (χ1n) is 8.17. The van der Waals surface area contributed by atoms with Crippen LogP contribution in [0.2, 0.25) is 0 Å². The number of hydrogen-bond donors (Lipinski definition) is 0. The van der Waals surface area contributed by atoms with Gasteiger partial charge in [0.1, 0.15) is 5.75 Å². The molecule has 3 heteroatoms. The van der Waals surface area contributed by atoms with E-state index in [1.165, 1.54) is 11.1 Å². The lowest BCUT2D eigenvalue weighted by molar-refractivity contribution is 0.0713. The number of nitrogens with zero attached hydrogens (tertiary/aromatic N) is 1. The highest BCUT2D eigenvalue weighted by Gasteiger charge is 2.24. The van der Waals surface area contributed by atoms with E-state index in [0.29, 0.717) is 5.92 Å². The fourth-order valence-electron chi connectivity index (χ4n) is 3.17. The van der Waals surface area contributed by atoms with Crippen molar-refractivity contribution in [3.05, 3.63) is 65.2 Å². The van der Waals surface area contributed by atoms with Gasteiger partial charge in [0.15, 0.2) is 0 Å². The molecular formula is C20H23NO2. The van der Waals surface area contributed by atoms with E-state index in [4.69, 9.17) is 4.74 Å². The van der Waals surface area contributed by atoms with E-state index >= 15 is 0 Å². The van der Waals surface area contributed by atoms with Crippen LogP contribution in [0.1, 0.15) is 40.2 Å². The maximum atomic E-state index is 12.5. The topological polar surface area (TPSA) is 29.5 Å². The number of carbonyl (C=O) groups is 1. The molecule has 0 saturated carbocycles. The number of piperidine rings is 1. The third-order valence-electron chi connectivity index (χ3n) is 4.67. The predicted octanol–water partition coefficient (Wildman–Crippen LogP) is 4.02. The molecule has 1 aliphatic heterocycles. The molecule has 3 nitrogen and oxygen atoms in total. The van der Waals surface area contributed by atoms with Crippen molar-refractivity contribution in [2.24, 2.45) is 0 Å². The van der Waals surface area contributed by atoms with Crippen molar-refractivity contribution in [3.8, 4) is 5.75 Å². The largest absolute Gasteiger partial charge is 0.497 e. The van der Waals surface area contributed by atoms with Crippen LogP contribution >= 0.6 is 0 Å². The molecule has 0 aromatic heterocycles. The summed E-state index contributed by atoms with van der Waals surface area (Å²) in [4.78, 5) is 14.5. The van der Waals surface area contributed by atoms with Crippen LogP contribution in [-0.4, -0.2) is 31.0 Å². The number of amides is 1. The highest BCUT2D eigenvalue weighted by Crippen LogP contribution is 2.29. The highest BCUT2D eigenvalue weighted by molar-refractivity contribution is 5.94. The number of methoxy groups -OCH3 is 1. The maximum absolute atomic E-state index is 12.5. The summed E-state index contributed by atoms with van der Waals surface area (Å²) in [6, 6.07) is 16.1. The van der Waals surface area contributed by atoms with E-state index in [-0.39, 0.29) is 5.91 Å². The highest BCUT2D eigenvalue weighted by atomic mass is 16.5. The summed E-state index contributed by atoms with van der Waals surface area (Å²) >= 11 is 0. The van der Waals surface area contributed by atoms with Crippen LogP contribution in [0.25, 0.3) is 0 Å². The van der Waals surface area contributed by atoms with Crippen molar-refractivity contribution >= 4 is 5.91 Å². The van der Waals surface area contributed by atoms with Crippen LogP contribution in [0, 0.1) is 6.92 Å². The van der Waals surface area contributed by atoms with Crippen LogP contribution in [-0.2, 0) is 0 Å². The van der Waals surface area contributed by atoms with E-state index in [2.05, 4.69) is 12.1 Å². The standard InChI is InChI=1S/C20H23NO2/c1-15-3-5-18(6-4-15)20(22)21-13-11-17(12-14-21)16-7-9-19(23-2)10-8-16/h3-10,17H,11-14H2,1-2H3. The molecule has 0 bridgehead atoms. The van der Waals surface area contributed by atoms with Gasteiger partial charge < -0.3 is 9.64 Å². The summed E-state index contributed by atoms with van der Waals surface area (Å²) in [5.41, 5.74) is 3.31. The normalized spacial score (nSPS) is 15.5. The average Bonchev–Trinajstić information content (AvgIpc) is 2.62. The predicted molar refractivity (Wildman–Crippen MR) is 92.1 cm³/mol. The molecule has 0 atom stereocenters. The number of carbonyl (C=O) groups excluding carboxylic acids is 1. The van der Waals surface area contributed by atoms with Gasteiger partial charge in [0, 0.05) is 18.7 Å². The van der Waals surface area contributed by atoms with E-state index in [1.807, 2.05) is 48.2 Å². The zero-order valence-electron chi connectivity index (χ0n) is 13.8. The molecule has 120 valence electrons. The van der Waals surface area contributed by atoms with Gasteiger partial charge in [-0.3, -0.25) is 4.79 Å². The number of rotatable bonds is 3. The lowest BCUT2D eigenvalue weighted by atomic mass is 9.89. The first kappa shape index (κ1) is 15.6. The summed E-state index contributed by atoms with van der Waals surface area (Å²) in [6.07, 6.45) is 2.04. The number of benzene rings is 2. The van der Waals surface area contributed by atoms with Gasteiger partial charge in [-0.15, -0.1) is 0 Å². The second kappa shape index (κ2) is 6.86. The second-order valence-electron chi connectivity index (χ2n) is 6.21. The molecule has 1 aliphatic rings. The van der Waals surface area contributed by atoms with Crippen molar-refractivity contribution in [1.82, 2.24) is 4.90 Å². The minimum absolute atomic E-state index is 0.151. The Labute approximate surface area is 137 Å². The molecule has 0 radical (unpaired) electrons. The molecule has 1 fully saturated rings. The summed E-state index contributed by atoms with van der Waals surface area (Å²) in [5, 5.41) is 0. The fourth-order valence-corrected chi connectivity index (χ4v) is 3.17. The summed E-state index contributed by atoms with van der Waals surface area (Å²) in [5.74, 6) is 1.57. The van der Waals surface area contributed by atoms with Crippen LogP contribution in [0.15, 0.2) is 48.5 Å². The number of hydrogen-bond acceptors (Lipinski definition) is 2. The summed E-state index contributed by atoms with van der Waals surface area (Å²) in [7, 11) is 1.68. The maximum Gasteiger partial charge on any atom is 0.253 e. The molecule has 0 aliphatic carbocycles. The van der Waals surface area contributed by atoms with Crippen LogP contribution < -0.4 is 4.74 Å². The van der Waals surface area contributed by atoms with Gasteiger partial charge in [-0.25, -0.2) is 0 Å². The van der Waals surface area contributed by atoms with Gasteiger partial charge in [0.05, 0.1) is 7.11 Å². The summed E-state index contributed by atoms with van der Waals surface area (Å²) < 4.78 is 5.21. The molecule has 1 amide bonds. The van der Waals surface area contributed by atoms with E-state index in [9.17, 15) is 4.79 Å². The first-order valence-corrected chi connectivity index (χ1v) is 8.17. The summed E-state index contributed by atoms with van der Waals surface area (Å²) in [6.45, 7) is 3.68. The molecule has 3 rings (SSSR count). The second-order valence-corrected chi connectivity index (χ2v) is 6.21. The Morgan fingerprint density at radius 3 is 2.17 bits per heavy atom. The third kappa shape index (κ3) is 3.55. The van der Waals surface area contributed by atoms with Gasteiger partial charge in [0.2, 0.25) is 0 Å². The van der Waals surface area contributed by atoms with Crippen LogP contribution in [0.5, 0.6) is 5.75 Å². The van der Waals surface area contributed by atoms with Crippen molar-refractivity contribution in [2.45, 2.75) is 25.7 Å². The Kier molecular flexibility index (Phi) is 4.65. The van der Waals surface area contributed by atoms with Crippen molar-refractivity contribution in [1.29, 1.82) is 0 Å². The Morgan fingerprint density at radius 1 is 1.00 bits per heavy atom. The zero-order chi connectivity index (χ0) is 16.2. The monoisotopic (exact) mass is 309 g/mol. The lowest BCUT2D eigenvalue weighted by Gasteiger charge is -2.32. The molecule has 0 unspecified atom stereocenters. The fraction of sp³-hybridized carbons (Fsp3) is 0.350. The molecule has 1 heterocycles. The van der Waals surface area contributed by atoms with Gasteiger partial charge in [-0.05, 0) is 55.5 Å². The Morgan fingerprint density at radius 2 is 1.61 bits per heavy atom. The molecule has 2 aromatic rings. The third-order valence-corrected chi connectivity index (χ3v) is 4.67. The first-order chi connectivity index (χ1) is 11.2. The minimum atomic E-state index is 0.151. The Hall–Kier alpha value is -2.29. The zero-order valence-corrected chi connectivity index (χ0v) is 13.8. The number of aryl methyl sites for hydroxylation is 1. The molecule has 23 heavy (non-hydrogen) atoms. The Bertz CT molecular complexity index is 653. The van der Waals surface area contributed by atoms with Crippen molar-refractivity contribution in [3.63, 3.8) is 0 Å². The molecule has 0 spiro atoms. The molecule has 0 N–H and O–H groups in total.